The van der Waals surface area contributed by atoms with Gasteiger partial charge in [0, 0.05) is 13.7 Å². The lowest BCUT2D eigenvalue weighted by Crippen LogP contribution is -2.54. The Kier molecular flexibility index (Phi) is 9.09. The van der Waals surface area contributed by atoms with Crippen LogP contribution in [0.15, 0.2) is 30.3 Å². The molecule has 2 atom stereocenters. The standard InChI is InChI=1S/C19H30N2O5/c1-14(25-13-15-9-7-6-8-10-15)16(17(22)20-11-12-24-5)21-18(23)26-19(2,3)4/h6-10,14,16H,11-13H2,1-5H3,(H,20,22)(H,21,23)/t14-,16-/m0/s1. The number of amides is 2. The second kappa shape index (κ2) is 10.8. The Balaban J connectivity index is 2.71. The molecule has 0 aromatic heterocycles. The van der Waals surface area contributed by atoms with Crippen LogP contribution >= 0.6 is 0 Å². The first-order valence-corrected chi connectivity index (χ1v) is 8.64. The van der Waals surface area contributed by atoms with Crippen molar-refractivity contribution in [3.8, 4) is 0 Å². The molecule has 0 saturated heterocycles. The Morgan fingerprint density at radius 1 is 1.15 bits per heavy atom. The highest BCUT2D eigenvalue weighted by Crippen LogP contribution is 2.10. The van der Waals surface area contributed by atoms with Gasteiger partial charge in [0.2, 0.25) is 5.91 Å². The molecule has 1 aromatic carbocycles. The molecule has 0 fully saturated rings. The minimum atomic E-state index is -0.884. The summed E-state index contributed by atoms with van der Waals surface area (Å²) in [5.41, 5.74) is 0.324. The smallest absolute Gasteiger partial charge is 0.408 e. The molecule has 7 heteroatoms. The van der Waals surface area contributed by atoms with E-state index >= 15 is 0 Å². The molecule has 0 spiro atoms. The SMILES string of the molecule is COCCNC(=O)[C@@H](NC(=O)OC(C)(C)C)[C@H](C)OCc1ccccc1. The molecule has 0 aliphatic heterocycles. The van der Waals surface area contributed by atoms with E-state index in [0.29, 0.717) is 19.8 Å². The number of carbonyl (C=O) groups excluding carboxylic acids is 2. The Morgan fingerprint density at radius 3 is 2.38 bits per heavy atom. The fraction of sp³-hybridized carbons (Fsp3) is 0.579. The van der Waals surface area contributed by atoms with Gasteiger partial charge < -0.3 is 24.8 Å². The molecule has 26 heavy (non-hydrogen) atoms. The Hall–Kier alpha value is -2.12. The van der Waals surface area contributed by atoms with Crippen LogP contribution in [-0.4, -0.2) is 50.0 Å². The van der Waals surface area contributed by atoms with E-state index in [4.69, 9.17) is 14.2 Å². The predicted octanol–water partition coefficient (Wildman–Crippen LogP) is 2.25. The molecule has 1 rings (SSSR count). The van der Waals surface area contributed by atoms with Crippen molar-refractivity contribution in [3.63, 3.8) is 0 Å². The average molecular weight is 366 g/mol. The maximum atomic E-state index is 12.5. The van der Waals surface area contributed by atoms with Gasteiger partial charge in [0.05, 0.1) is 19.3 Å². The second-order valence-corrected chi connectivity index (χ2v) is 6.91. The number of alkyl carbamates (subject to hydrolysis) is 1. The topological polar surface area (TPSA) is 85.9 Å². The Morgan fingerprint density at radius 2 is 1.81 bits per heavy atom. The third-order valence-corrected chi connectivity index (χ3v) is 3.39. The number of rotatable bonds is 9. The first kappa shape index (κ1) is 21.9. The summed E-state index contributed by atoms with van der Waals surface area (Å²) in [5, 5.41) is 5.31. The van der Waals surface area contributed by atoms with Crippen molar-refractivity contribution >= 4 is 12.0 Å². The van der Waals surface area contributed by atoms with Gasteiger partial charge in [-0.05, 0) is 33.3 Å². The van der Waals surface area contributed by atoms with Gasteiger partial charge in [0.1, 0.15) is 11.6 Å². The molecular formula is C19H30N2O5. The van der Waals surface area contributed by atoms with Crippen molar-refractivity contribution < 1.29 is 23.8 Å². The minimum Gasteiger partial charge on any atom is -0.444 e. The molecule has 7 nitrogen and oxygen atoms in total. The van der Waals surface area contributed by atoms with Crippen LogP contribution in [0.4, 0.5) is 4.79 Å². The van der Waals surface area contributed by atoms with E-state index in [-0.39, 0.29) is 5.91 Å². The highest BCUT2D eigenvalue weighted by molar-refractivity contribution is 5.86. The normalized spacial score (nSPS) is 13.6. The van der Waals surface area contributed by atoms with Crippen LogP contribution in [-0.2, 0) is 25.6 Å². The summed E-state index contributed by atoms with van der Waals surface area (Å²) in [6.07, 6.45) is -1.22. The summed E-state index contributed by atoms with van der Waals surface area (Å²) in [7, 11) is 1.55. The molecule has 0 radical (unpaired) electrons. The third-order valence-electron chi connectivity index (χ3n) is 3.39. The molecule has 0 bridgehead atoms. The fourth-order valence-corrected chi connectivity index (χ4v) is 2.11. The van der Waals surface area contributed by atoms with E-state index in [0.717, 1.165) is 5.56 Å². The number of hydrogen-bond acceptors (Lipinski definition) is 5. The van der Waals surface area contributed by atoms with Gasteiger partial charge in [-0.2, -0.15) is 0 Å². The van der Waals surface area contributed by atoms with Crippen LogP contribution in [0.1, 0.15) is 33.3 Å². The van der Waals surface area contributed by atoms with Crippen LogP contribution in [0, 0.1) is 0 Å². The maximum absolute atomic E-state index is 12.5. The lowest BCUT2D eigenvalue weighted by Gasteiger charge is -2.27. The van der Waals surface area contributed by atoms with Crippen molar-refractivity contribution in [2.75, 3.05) is 20.3 Å². The molecule has 0 aliphatic carbocycles. The Labute approximate surface area is 155 Å². The van der Waals surface area contributed by atoms with Crippen molar-refractivity contribution in [3.05, 3.63) is 35.9 Å². The molecule has 2 amide bonds. The van der Waals surface area contributed by atoms with Crippen LogP contribution in [0.2, 0.25) is 0 Å². The van der Waals surface area contributed by atoms with E-state index < -0.39 is 23.8 Å². The van der Waals surface area contributed by atoms with Gasteiger partial charge in [-0.15, -0.1) is 0 Å². The van der Waals surface area contributed by atoms with E-state index in [1.807, 2.05) is 30.3 Å². The molecule has 0 aliphatic rings. The van der Waals surface area contributed by atoms with Gasteiger partial charge in [0.25, 0.3) is 0 Å². The molecule has 0 heterocycles. The summed E-state index contributed by atoms with van der Waals surface area (Å²) in [4.78, 5) is 24.5. The summed E-state index contributed by atoms with van der Waals surface area (Å²) in [6, 6.07) is 8.73. The zero-order valence-corrected chi connectivity index (χ0v) is 16.2. The van der Waals surface area contributed by atoms with Crippen LogP contribution in [0.5, 0.6) is 0 Å². The van der Waals surface area contributed by atoms with E-state index in [9.17, 15) is 9.59 Å². The Bertz CT molecular complexity index is 557. The van der Waals surface area contributed by atoms with E-state index in [1.165, 1.54) is 0 Å². The quantitative estimate of drug-likeness (QED) is 0.655. The molecule has 0 unspecified atom stereocenters. The van der Waals surface area contributed by atoms with Crippen LogP contribution in [0.3, 0.4) is 0 Å². The lowest BCUT2D eigenvalue weighted by atomic mass is 10.1. The number of hydrogen-bond donors (Lipinski definition) is 2. The number of carbonyl (C=O) groups is 2. The summed E-state index contributed by atoms with van der Waals surface area (Å²) >= 11 is 0. The molecule has 0 saturated carbocycles. The predicted molar refractivity (Wildman–Crippen MR) is 98.7 cm³/mol. The van der Waals surface area contributed by atoms with Crippen LogP contribution in [0.25, 0.3) is 0 Å². The molecular weight excluding hydrogens is 336 g/mol. The summed E-state index contributed by atoms with van der Waals surface area (Å²) in [5.74, 6) is -0.353. The highest BCUT2D eigenvalue weighted by atomic mass is 16.6. The summed E-state index contributed by atoms with van der Waals surface area (Å²) < 4.78 is 16.0. The van der Waals surface area contributed by atoms with Gasteiger partial charge in [-0.25, -0.2) is 4.79 Å². The largest absolute Gasteiger partial charge is 0.444 e. The zero-order valence-electron chi connectivity index (χ0n) is 16.2. The van der Waals surface area contributed by atoms with E-state index in [1.54, 1.807) is 34.8 Å². The molecule has 2 N–H and O–H groups in total. The van der Waals surface area contributed by atoms with Crippen molar-refractivity contribution in [1.82, 2.24) is 10.6 Å². The average Bonchev–Trinajstić information content (AvgIpc) is 2.57. The maximum Gasteiger partial charge on any atom is 0.408 e. The first-order valence-electron chi connectivity index (χ1n) is 8.64. The zero-order chi connectivity index (χ0) is 19.6. The number of methoxy groups -OCH3 is 1. The van der Waals surface area contributed by atoms with Gasteiger partial charge in [-0.1, -0.05) is 30.3 Å². The third kappa shape index (κ3) is 8.82. The van der Waals surface area contributed by atoms with Gasteiger partial charge in [0.15, 0.2) is 0 Å². The van der Waals surface area contributed by atoms with Crippen molar-refractivity contribution in [2.45, 2.75) is 52.0 Å². The molecule has 146 valence electrons. The highest BCUT2D eigenvalue weighted by Gasteiger charge is 2.29. The molecule has 1 aromatic rings. The first-order chi connectivity index (χ1) is 12.2. The number of nitrogens with one attached hydrogen (secondary N) is 2. The number of benzene rings is 1. The second-order valence-electron chi connectivity index (χ2n) is 6.91. The van der Waals surface area contributed by atoms with Crippen molar-refractivity contribution in [2.24, 2.45) is 0 Å². The van der Waals surface area contributed by atoms with E-state index in [2.05, 4.69) is 10.6 Å². The van der Waals surface area contributed by atoms with Crippen molar-refractivity contribution in [1.29, 1.82) is 0 Å². The van der Waals surface area contributed by atoms with Crippen LogP contribution < -0.4 is 10.6 Å². The monoisotopic (exact) mass is 366 g/mol. The fourth-order valence-electron chi connectivity index (χ4n) is 2.11. The summed E-state index contributed by atoms with van der Waals surface area (Å²) in [6.45, 7) is 8.07. The van der Waals surface area contributed by atoms with Gasteiger partial charge in [-0.3, -0.25) is 4.79 Å². The van der Waals surface area contributed by atoms with Gasteiger partial charge >= 0.3 is 6.09 Å². The minimum absolute atomic E-state index is 0.333. The lowest BCUT2D eigenvalue weighted by molar-refractivity contribution is -0.127. The number of ether oxygens (including phenoxy) is 3.